The van der Waals surface area contributed by atoms with Crippen molar-refractivity contribution in [3.63, 3.8) is 0 Å². The summed E-state index contributed by atoms with van der Waals surface area (Å²) in [6.45, 7) is 8.88. The summed E-state index contributed by atoms with van der Waals surface area (Å²) in [5, 5.41) is 8.96. The Balaban J connectivity index is 0. The third-order valence-corrected chi connectivity index (χ3v) is 3.75. The Morgan fingerprint density at radius 3 is 1.44 bits per heavy atom. The second kappa shape index (κ2) is 19.5. The van der Waals surface area contributed by atoms with Crippen LogP contribution in [0.25, 0.3) is 0 Å². The molecular weight excluding hydrogens is 511 g/mol. The van der Waals surface area contributed by atoms with E-state index in [2.05, 4.69) is 41.0 Å². The van der Waals surface area contributed by atoms with E-state index in [1.165, 1.54) is 0 Å². The molecule has 32 heavy (non-hydrogen) atoms. The van der Waals surface area contributed by atoms with Gasteiger partial charge in [0.1, 0.15) is 0 Å². The fraction of sp³-hybridized carbons (Fsp3) is 0.300. The summed E-state index contributed by atoms with van der Waals surface area (Å²) in [6.07, 6.45) is 3.45. The minimum Gasteiger partial charge on any atom is -1.00 e. The van der Waals surface area contributed by atoms with Gasteiger partial charge in [-0.3, -0.25) is 30.8 Å². The van der Waals surface area contributed by atoms with E-state index in [-0.39, 0.29) is 29.2 Å². The van der Waals surface area contributed by atoms with Crippen molar-refractivity contribution in [3.8, 4) is 0 Å². The Hall–Kier alpha value is -2.18. The molecule has 2 N–H and O–H groups in total. The van der Waals surface area contributed by atoms with Crippen LogP contribution in [-0.4, -0.2) is 44.8 Å². The molecule has 0 fully saturated rings. The summed E-state index contributed by atoms with van der Waals surface area (Å²) in [5.41, 5.74) is 8.60. The number of pyridine rings is 2. The maximum absolute atomic E-state index is 4.92. The number of halogens is 1. The molecule has 0 aliphatic heterocycles. The molecular formula is C20H26ClCoN8S2. The number of hydrogen-bond acceptors (Lipinski definition) is 8. The normalized spacial score (nSPS) is 11.9. The standard InChI is InChI=1S/2C10H14N4S.ClH.Co/c2*1-3-11-10(15)14-13-8(2)9-6-4-5-7-12-9;;/h2*4-7H,3H2,1-2H3,(H2,11,14,15);1H;/q;;;+3/p-3/b2*13-8+;;. The molecule has 0 bridgehead atoms. The van der Waals surface area contributed by atoms with Crippen molar-refractivity contribution < 1.29 is 29.2 Å². The maximum atomic E-state index is 4.92. The summed E-state index contributed by atoms with van der Waals surface area (Å²) in [6, 6.07) is 11.3. The van der Waals surface area contributed by atoms with Crippen LogP contribution in [0.2, 0.25) is 0 Å². The van der Waals surface area contributed by atoms with E-state index in [1.807, 2.05) is 64.1 Å². The molecule has 0 spiro atoms. The molecule has 0 atom stereocenters. The molecule has 0 saturated carbocycles. The Labute approximate surface area is 217 Å². The molecule has 0 amide bonds. The summed E-state index contributed by atoms with van der Waals surface area (Å²) >= 11 is 9.83. The van der Waals surface area contributed by atoms with E-state index < -0.39 is 0 Å². The van der Waals surface area contributed by atoms with Gasteiger partial charge in [0.25, 0.3) is 0 Å². The fourth-order valence-electron chi connectivity index (χ4n) is 1.89. The topological polar surface area (TPSA) is 99.3 Å². The maximum Gasteiger partial charge on any atom is 3.00 e. The van der Waals surface area contributed by atoms with E-state index >= 15 is 0 Å². The van der Waals surface area contributed by atoms with Gasteiger partial charge in [0, 0.05) is 25.5 Å². The van der Waals surface area contributed by atoms with Crippen molar-refractivity contribution in [2.75, 3.05) is 13.1 Å². The Morgan fingerprint density at radius 2 is 1.16 bits per heavy atom. The average molecular weight is 537 g/mol. The summed E-state index contributed by atoms with van der Waals surface area (Å²) < 4.78 is 0. The third kappa shape index (κ3) is 14.0. The second-order valence-corrected chi connectivity index (χ2v) is 6.38. The van der Waals surface area contributed by atoms with Crippen LogP contribution in [0, 0.1) is 0 Å². The fourth-order valence-corrected chi connectivity index (χ4v) is 2.24. The van der Waals surface area contributed by atoms with Crippen LogP contribution in [0.4, 0.5) is 0 Å². The van der Waals surface area contributed by atoms with Crippen LogP contribution in [-0.2, 0) is 42.0 Å². The number of amidine groups is 2. The van der Waals surface area contributed by atoms with E-state index in [0.717, 1.165) is 22.8 Å². The molecule has 0 radical (unpaired) electrons. The molecule has 0 unspecified atom stereocenters. The largest absolute Gasteiger partial charge is 3.00 e. The Bertz CT molecular complexity index is 804. The molecule has 2 heterocycles. The van der Waals surface area contributed by atoms with Crippen LogP contribution in [0.3, 0.4) is 0 Å². The van der Waals surface area contributed by atoms with Crippen LogP contribution >= 0.6 is 0 Å². The van der Waals surface area contributed by atoms with Gasteiger partial charge in [-0.1, -0.05) is 12.1 Å². The average Bonchev–Trinajstić information content (AvgIpc) is 2.78. The van der Waals surface area contributed by atoms with Crippen LogP contribution in [0.15, 0.2) is 69.0 Å². The van der Waals surface area contributed by atoms with Gasteiger partial charge >= 0.3 is 16.8 Å². The summed E-state index contributed by atoms with van der Waals surface area (Å²) in [5.74, 6) is 0. The first-order valence-electron chi connectivity index (χ1n) is 9.34. The van der Waals surface area contributed by atoms with E-state index in [4.69, 9.17) is 25.3 Å². The van der Waals surface area contributed by atoms with Crippen molar-refractivity contribution in [1.29, 1.82) is 0 Å². The first kappa shape index (κ1) is 32.0. The predicted octanol–water partition coefficient (Wildman–Crippen LogP) is -0.362. The number of aliphatic imine (C=N–C) groups is 2. The van der Waals surface area contributed by atoms with Gasteiger partial charge in [-0.25, -0.2) is 0 Å². The van der Waals surface area contributed by atoms with Crippen molar-refractivity contribution in [3.05, 3.63) is 60.2 Å². The zero-order valence-electron chi connectivity index (χ0n) is 18.2. The first-order valence-corrected chi connectivity index (χ1v) is 10.2. The monoisotopic (exact) mass is 536 g/mol. The van der Waals surface area contributed by atoms with Crippen molar-refractivity contribution in [2.24, 2.45) is 20.2 Å². The molecule has 2 aromatic heterocycles. The minimum absolute atomic E-state index is 0. The van der Waals surface area contributed by atoms with Gasteiger partial charge in [-0.05, 0) is 62.3 Å². The van der Waals surface area contributed by atoms with Gasteiger partial charge in [0.15, 0.2) is 0 Å². The molecule has 2 rings (SSSR count). The number of hydrogen-bond donors (Lipinski definition) is 2. The van der Waals surface area contributed by atoms with Gasteiger partial charge in [0.05, 0.1) is 22.8 Å². The molecule has 0 aromatic carbocycles. The van der Waals surface area contributed by atoms with E-state index in [1.54, 1.807) is 12.4 Å². The van der Waals surface area contributed by atoms with Crippen molar-refractivity contribution >= 4 is 47.0 Å². The molecule has 0 saturated heterocycles. The number of aromatic nitrogens is 2. The first-order chi connectivity index (χ1) is 14.5. The number of hydrazone groups is 2. The van der Waals surface area contributed by atoms with Crippen LogP contribution < -0.4 is 23.3 Å². The second-order valence-electron chi connectivity index (χ2n) is 5.61. The number of nitrogens with one attached hydrogen (secondary N) is 2. The van der Waals surface area contributed by atoms with Gasteiger partial charge in [0.2, 0.25) is 0 Å². The van der Waals surface area contributed by atoms with Crippen LogP contribution in [0.5, 0.6) is 0 Å². The summed E-state index contributed by atoms with van der Waals surface area (Å²) in [4.78, 5) is 16.3. The molecule has 174 valence electrons. The number of nitrogens with zero attached hydrogens (tertiary/aromatic N) is 6. The van der Waals surface area contributed by atoms with E-state index in [0.29, 0.717) is 23.4 Å². The predicted molar refractivity (Wildman–Crippen MR) is 130 cm³/mol. The van der Waals surface area contributed by atoms with Crippen LogP contribution in [0.1, 0.15) is 39.1 Å². The smallest absolute Gasteiger partial charge is 1.00 e. The molecule has 12 heteroatoms. The van der Waals surface area contributed by atoms with E-state index in [9.17, 15) is 0 Å². The van der Waals surface area contributed by atoms with Gasteiger partial charge in [-0.15, -0.1) is 0 Å². The zero-order chi connectivity index (χ0) is 22.2. The molecule has 2 aromatic rings. The van der Waals surface area contributed by atoms with Gasteiger partial charge < -0.3 is 37.7 Å². The van der Waals surface area contributed by atoms with Gasteiger partial charge in [-0.2, -0.15) is 10.2 Å². The molecule has 8 nitrogen and oxygen atoms in total. The minimum atomic E-state index is 0. The SMILES string of the molecule is CCN=C([S-])N/N=C(\C)c1ccccn1.CCN=C([S-])N/N=C(\C)c1ccccn1.[Cl-].[Co+3]. The zero-order valence-corrected chi connectivity index (χ0v) is 21.7. The summed E-state index contributed by atoms with van der Waals surface area (Å²) in [7, 11) is 0. The Kier molecular flexibility index (Phi) is 19.5. The molecule has 0 aliphatic carbocycles. The number of rotatable bonds is 6. The van der Waals surface area contributed by atoms with Crippen molar-refractivity contribution in [2.45, 2.75) is 27.7 Å². The molecule has 0 aliphatic rings. The quantitative estimate of drug-likeness (QED) is 0.226. The Morgan fingerprint density at radius 1 is 0.781 bits per heavy atom. The third-order valence-electron chi connectivity index (χ3n) is 3.31. The van der Waals surface area contributed by atoms with Crippen molar-refractivity contribution in [1.82, 2.24) is 20.8 Å².